The molecule has 0 aliphatic carbocycles. The fourth-order valence-corrected chi connectivity index (χ4v) is 3.16. The summed E-state index contributed by atoms with van der Waals surface area (Å²) in [5.74, 6) is 2.05. The molecule has 0 spiro atoms. The molecule has 1 aromatic heterocycles. The standard InChI is InChI=1S/C14H25N5O/c1-18-7-4-8-19(2)12(10-18)13-16-14(20-17-13)11-5-3-6-15-9-11/h11-12,15H,3-10H2,1-2H3. The SMILES string of the molecule is CN1CCCN(C)C(c2noc(C3CCCNC3)n2)C1. The summed E-state index contributed by atoms with van der Waals surface area (Å²) in [5, 5.41) is 7.66. The third kappa shape index (κ3) is 3.02. The van der Waals surface area contributed by atoms with Crippen molar-refractivity contribution < 1.29 is 4.52 Å². The maximum absolute atomic E-state index is 5.54. The Morgan fingerprint density at radius 3 is 2.95 bits per heavy atom. The molecule has 2 aliphatic rings. The Balaban J connectivity index is 1.74. The van der Waals surface area contributed by atoms with Gasteiger partial charge in [0.25, 0.3) is 0 Å². The van der Waals surface area contributed by atoms with Crippen molar-refractivity contribution in [1.29, 1.82) is 0 Å². The third-order valence-electron chi connectivity index (χ3n) is 4.47. The topological polar surface area (TPSA) is 57.4 Å². The summed E-state index contributed by atoms with van der Waals surface area (Å²) in [6, 6.07) is 0.247. The largest absolute Gasteiger partial charge is 0.339 e. The zero-order valence-corrected chi connectivity index (χ0v) is 12.5. The number of nitrogens with zero attached hydrogens (tertiary/aromatic N) is 4. The fraction of sp³-hybridized carbons (Fsp3) is 0.857. The van der Waals surface area contributed by atoms with Crippen LogP contribution in [0, 0.1) is 0 Å². The molecule has 2 aliphatic heterocycles. The quantitative estimate of drug-likeness (QED) is 0.866. The van der Waals surface area contributed by atoms with Crippen LogP contribution in [-0.2, 0) is 0 Å². The highest BCUT2D eigenvalue weighted by Gasteiger charge is 2.28. The van der Waals surface area contributed by atoms with Crippen LogP contribution < -0.4 is 5.32 Å². The van der Waals surface area contributed by atoms with Crippen LogP contribution in [0.25, 0.3) is 0 Å². The highest BCUT2D eigenvalue weighted by atomic mass is 16.5. The second-order valence-corrected chi connectivity index (χ2v) is 6.15. The molecule has 2 unspecified atom stereocenters. The molecule has 112 valence electrons. The minimum atomic E-state index is 0.247. The molecule has 3 rings (SSSR count). The van der Waals surface area contributed by atoms with Crippen LogP contribution in [0.1, 0.15) is 42.9 Å². The minimum absolute atomic E-state index is 0.247. The van der Waals surface area contributed by atoms with E-state index >= 15 is 0 Å². The summed E-state index contributed by atoms with van der Waals surface area (Å²) in [5.41, 5.74) is 0. The van der Waals surface area contributed by atoms with Gasteiger partial charge >= 0.3 is 0 Å². The lowest BCUT2D eigenvalue weighted by molar-refractivity contribution is 0.214. The molecule has 20 heavy (non-hydrogen) atoms. The van der Waals surface area contributed by atoms with Gasteiger partial charge in [0.15, 0.2) is 5.82 Å². The molecular formula is C14H25N5O. The van der Waals surface area contributed by atoms with Crippen LogP contribution >= 0.6 is 0 Å². The molecule has 1 aromatic rings. The van der Waals surface area contributed by atoms with Crippen molar-refractivity contribution >= 4 is 0 Å². The van der Waals surface area contributed by atoms with E-state index in [1.54, 1.807) is 0 Å². The van der Waals surface area contributed by atoms with E-state index < -0.39 is 0 Å². The van der Waals surface area contributed by atoms with E-state index in [1.807, 2.05) is 0 Å². The minimum Gasteiger partial charge on any atom is -0.339 e. The van der Waals surface area contributed by atoms with Crippen molar-refractivity contribution in [3.8, 4) is 0 Å². The summed E-state index contributed by atoms with van der Waals surface area (Å²) in [7, 11) is 4.32. The van der Waals surface area contributed by atoms with E-state index in [-0.39, 0.29) is 6.04 Å². The smallest absolute Gasteiger partial charge is 0.231 e. The lowest BCUT2D eigenvalue weighted by Crippen LogP contribution is -2.31. The van der Waals surface area contributed by atoms with Crippen molar-refractivity contribution in [1.82, 2.24) is 25.3 Å². The first-order chi connectivity index (χ1) is 9.74. The number of piperidine rings is 1. The van der Waals surface area contributed by atoms with Gasteiger partial charge in [-0.2, -0.15) is 4.98 Å². The summed E-state index contributed by atoms with van der Waals surface area (Å²) < 4.78 is 5.54. The summed E-state index contributed by atoms with van der Waals surface area (Å²) >= 11 is 0. The molecule has 2 atom stereocenters. The van der Waals surface area contributed by atoms with Gasteiger partial charge in [-0.3, -0.25) is 4.90 Å². The van der Waals surface area contributed by atoms with E-state index in [9.17, 15) is 0 Å². The summed E-state index contributed by atoms with van der Waals surface area (Å²) in [6.45, 7) is 5.26. The first kappa shape index (κ1) is 14.0. The van der Waals surface area contributed by atoms with E-state index in [0.717, 1.165) is 50.9 Å². The number of aromatic nitrogens is 2. The first-order valence-electron chi connectivity index (χ1n) is 7.67. The maximum atomic E-state index is 5.54. The van der Waals surface area contributed by atoms with Crippen molar-refractivity contribution in [2.45, 2.75) is 31.2 Å². The van der Waals surface area contributed by atoms with Gasteiger partial charge in [-0.25, -0.2) is 0 Å². The average molecular weight is 279 g/mol. The molecule has 0 amide bonds. The Morgan fingerprint density at radius 1 is 1.25 bits per heavy atom. The Morgan fingerprint density at radius 2 is 2.15 bits per heavy atom. The predicted octanol–water partition coefficient (Wildman–Crippen LogP) is 0.845. The lowest BCUT2D eigenvalue weighted by atomic mass is 10.00. The van der Waals surface area contributed by atoms with Gasteiger partial charge in [-0.1, -0.05) is 5.16 Å². The van der Waals surface area contributed by atoms with E-state index in [4.69, 9.17) is 9.51 Å². The van der Waals surface area contributed by atoms with Gasteiger partial charge in [0.05, 0.1) is 12.0 Å². The van der Waals surface area contributed by atoms with Gasteiger partial charge in [0.1, 0.15) is 0 Å². The molecule has 6 nitrogen and oxygen atoms in total. The molecule has 0 radical (unpaired) electrons. The fourth-order valence-electron chi connectivity index (χ4n) is 3.16. The molecule has 6 heteroatoms. The van der Waals surface area contributed by atoms with Crippen molar-refractivity contribution in [2.75, 3.05) is 46.8 Å². The van der Waals surface area contributed by atoms with Crippen molar-refractivity contribution in [2.24, 2.45) is 0 Å². The van der Waals surface area contributed by atoms with Crippen LogP contribution in [-0.4, -0.2) is 66.8 Å². The average Bonchev–Trinajstić information content (AvgIpc) is 2.88. The number of hydrogen-bond donors (Lipinski definition) is 1. The molecular weight excluding hydrogens is 254 g/mol. The second-order valence-electron chi connectivity index (χ2n) is 6.15. The van der Waals surface area contributed by atoms with E-state index in [2.05, 4.69) is 34.4 Å². The normalized spacial score (nSPS) is 30.3. The molecule has 2 saturated heterocycles. The molecule has 1 N–H and O–H groups in total. The van der Waals surface area contributed by atoms with Crippen LogP contribution in [0.3, 0.4) is 0 Å². The van der Waals surface area contributed by atoms with E-state index in [0.29, 0.717) is 5.92 Å². The number of rotatable bonds is 2. The van der Waals surface area contributed by atoms with Gasteiger partial charge in [0.2, 0.25) is 5.89 Å². The molecule has 0 aromatic carbocycles. The van der Waals surface area contributed by atoms with Crippen molar-refractivity contribution in [3.63, 3.8) is 0 Å². The lowest BCUT2D eigenvalue weighted by Gasteiger charge is -2.24. The number of likely N-dealkylation sites (N-methyl/N-ethyl adjacent to an activating group) is 2. The number of hydrogen-bond acceptors (Lipinski definition) is 6. The predicted molar refractivity (Wildman–Crippen MR) is 76.6 cm³/mol. The maximum Gasteiger partial charge on any atom is 0.231 e. The Hall–Kier alpha value is -0.980. The zero-order valence-electron chi connectivity index (χ0n) is 12.5. The first-order valence-corrected chi connectivity index (χ1v) is 7.67. The van der Waals surface area contributed by atoms with Gasteiger partial charge in [-0.05, 0) is 53.0 Å². The molecule has 3 heterocycles. The van der Waals surface area contributed by atoms with Gasteiger partial charge in [-0.15, -0.1) is 0 Å². The molecule has 2 fully saturated rings. The summed E-state index contributed by atoms with van der Waals surface area (Å²) in [4.78, 5) is 9.40. The van der Waals surface area contributed by atoms with Gasteiger partial charge < -0.3 is 14.7 Å². The van der Waals surface area contributed by atoms with Crippen LogP contribution in [0.5, 0.6) is 0 Å². The monoisotopic (exact) mass is 279 g/mol. The zero-order chi connectivity index (χ0) is 13.9. The van der Waals surface area contributed by atoms with Gasteiger partial charge in [0, 0.05) is 13.1 Å². The highest BCUT2D eigenvalue weighted by molar-refractivity contribution is 5.01. The van der Waals surface area contributed by atoms with Crippen LogP contribution in [0.15, 0.2) is 4.52 Å². The number of nitrogens with one attached hydrogen (secondary N) is 1. The Bertz CT molecular complexity index is 429. The second kappa shape index (κ2) is 6.20. The molecule has 0 saturated carbocycles. The molecule has 0 bridgehead atoms. The highest BCUT2D eigenvalue weighted by Crippen LogP contribution is 2.25. The van der Waals surface area contributed by atoms with Crippen LogP contribution in [0.4, 0.5) is 0 Å². The third-order valence-corrected chi connectivity index (χ3v) is 4.47. The Kier molecular flexibility index (Phi) is 4.33. The van der Waals surface area contributed by atoms with Crippen LogP contribution in [0.2, 0.25) is 0 Å². The van der Waals surface area contributed by atoms with Crippen molar-refractivity contribution in [3.05, 3.63) is 11.7 Å². The Labute approximate surface area is 120 Å². The summed E-state index contributed by atoms with van der Waals surface area (Å²) in [6.07, 6.45) is 3.53. The van der Waals surface area contributed by atoms with E-state index in [1.165, 1.54) is 12.8 Å².